The number of likely N-dealkylation sites (N-methyl/N-ethyl adjacent to an activating group) is 1. The van der Waals surface area contributed by atoms with Crippen molar-refractivity contribution in [3.05, 3.63) is 17.0 Å². The minimum atomic E-state index is -3.42. The Labute approximate surface area is 106 Å². The molecule has 0 saturated carbocycles. The van der Waals surface area contributed by atoms with Crippen molar-refractivity contribution >= 4 is 21.4 Å². The Morgan fingerprint density at radius 3 is 2.71 bits per heavy atom. The Kier molecular flexibility index (Phi) is 5.54. The van der Waals surface area contributed by atoms with Gasteiger partial charge in [-0.25, -0.2) is 13.1 Å². The predicted octanol–water partition coefficient (Wildman–Crippen LogP) is 0.470. The molecule has 17 heavy (non-hydrogen) atoms. The zero-order valence-electron chi connectivity index (χ0n) is 10.0. The molecule has 5 nitrogen and oxygen atoms in total. The molecule has 1 heterocycles. The smallest absolute Gasteiger partial charge is 0.250 e. The Hall–Kier alpha value is -0.470. The molecule has 0 aliphatic heterocycles. The van der Waals surface area contributed by atoms with E-state index >= 15 is 0 Å². The summed E-state index contributed by atoms with van der Waals surface area (Å²) in [6.07, 6.45) is 0. The molecule has 0 aliphatic carbocycles. The monoisotopic (exact) mass is 278 g/mol. The maximum absolute atomic E-state index is 11.8. The average molecular weight is 278 g/mol. The fourth-order valence-electron chi connectivity index (χ4n) is 1.19. The maximum atomic E-state index is 11.8. The van der Waals surface area contributed by atoms with Gasteiger partial charge >= 0.3 is 0 Å². The number of aliphatic hydroxyl groups is 1. The number of nitrogens with zero attached hydrogens (tertiary/aromatic N) is 1. The number of nitrogens with one attached hydrogen (secondary N) is 1. The van der Waals surface area contributed by atoms with E-state index in [9.17, 15) is 8.42 Å². The number of sulfonamides is 1. The third kappa shape index (κ3) is 4.36. The van der Waals surface area contributed by atoms with E-state index < -0.39 is 10.0 Å². The SMILES string of the molecule is CCN(C)CCNS(=O)(=O)c1ccc(CO)s1. The molecule has 7 heteroatoms. The summed E-state index contributed by atoms with van der Waals surface area (Å²) in [7, 11) is -1.49. The lowest BCUT2D eigenvalue weighted by Gasteiger charge is -2.13. The zero-order valence-corrected chi connectivity index (χ0v) is 11.6. The molecule has 1 aromatic rings. The van der Waals surface area contributed by atoms with E-state index in [0.717, 1.165) is 17.9 Å². The van der Waals surface area contributed by atoms with Crippen molar-refractivity contribution in [2.45, 2.75) is 17.7 Å². The van der Waals surface area contributed by atoms with Gasteiger partial charge in [-0.1, -0.05) is 6.92 Å². The quantitative estimate of drug-likeness (QED) is 0.761. The fourth-order valence-corrected chi connectivity index (χ4v) is 3.47. The molecule has 0 fully saturated rings. The molecule has 2 N–H and O–H groups in total. The molecule has 0 saturated heterocycles. The summed E-state index contributed by atoms with van der Waals surface area (Å²) in [4.78, 5) is 2.67. The van der Waals surface area contributed by atoms with Crippen LogP contribution in [-0.4, -0.2) is 45.1 Å². The highest BCUT2D eigenvalue weighted by Crippen LogP contribution is 2.20. The topological polar surface area (TPSA) is 69.6 Å². The largest absolute Gasteiger partial charge is 0.391 e. The minimum absolute atomic E-state index is 0.126. The Balaban J connectivity index is 2.56. The average Bonchev–Trinajstić information content (AvgIpc) is 2.77. The number of hydrogen-bond acceptors (Lipinski definition) is 5. The normalized spacial score (nSPS) is 12.2. The zero-order chi connectivity index (χ0) is 12.9. The van der Waals surface area contributed by atoms with Gasteiger partial charge in [0, 0.05) is 18.0 Å². The first-order valence-electron chi connectivity index (χ1n) is 5.37. The maximum Gasteiger partial charge on any atom is 0.250 e. The second kappa shape index (κ2) is 6.46. The first-order valence-corrected chi connectivity index (χ1v) is 7.67. The van der Waals surface area contributed by atoms with Crippen molar-refractivity contribution in [2.75, 3.05) is 26.7 Å². The van der Waals surface area contributed by atoms with Gasteiger partial charge < -0.3 is 10.0 Å². The van der Waals surface area contributed by atoms with E-state index in [1.807, 2.05) is 18.9 Å². The lowest BCUT2D eigenvalue weighted by molar-refractivity contribution is 0.285. The van der Waals surface area contributed by atoms with E-state index in [-0.39, 0.29) is 10.8 Å². The fraction of sp³-hybridized carbons (Fsp3) is 0.600. The van der Waals surface area contributed by atoms with Crippen LogP contribution in [0.4, 0.5) is 0 Å². The second-order valence-corrected chi connectivity index (χ2v) is 6.83. The lowest BCUT2D eigenvalue weighted by Crippen LogP contribution is -2.32. The molecule has 0 radical (unpaired) electrons. The van der Waals surface area contributed by atoms with Gasteiger partial charge in [0.25, 0.3) is 0 Å². The molecule has 0 amide bonds. The third-order valence-corrected chi connectivity index (χ3v) is 5.41. The van der Waals surface area contributed by atoms with Crippen molar-refractivity contribution in [1.82, 2.24) is 9.62 Å². The summed E-state index contributed by atoms with van der Waals surface area (Å²) in [6, 6.07) is 3.14. The van der Waals surface area contributed by atoms with Gasteiger partial charge in [0.2, 0.25) is 10.0 Å². The van der Waals surface area contributed by atoms with Crippen LogP contribution in [0.3, 0.4) is 0 Å². The highest BCUT2D eigenvalue weighted by Gasteiger charge is 2.16. The van der Waals surface area contributed by atoms with Crippen molar-refractivity contribution in [1.29, 1.82) is 0 Å². The predicted molar refractivity (Wildman–Crippen MR) is 68.6 cm³/mol. The summed E-state index contributed by atoms with van der Waals surface area (Å²) in [5.41, 5.74) is 0. The number of rotatable bonds is 7. The molecule has 0 aliphatic rings. The third-order valence-electron chi connectivity index (χ3n) is 2.38. The van der Waals surface area contributed by atoms with E-state index in [4.69, 9.17) is 5.11 Å². The van der Waals surface area contributed by atoms with Crippen LogP contribution in [0.2, 0.25) is 0 Å². The summed E-state index contributed by atoms with van der Waals surface area (Å²) in [5.74, 6) is 0. The van der Waals surface area contributed by atoms with E-state index in [1.54, 1.807) is 6.07 Å². The van der Waals surface area contributed by atoms with Crippen molar-refractivity contribution in [2.24, 2.45) is 0 Å². The number of hydrogen-bond donors (Lipinski definition) is 2. The molecule has 1 rings (SSSR count). The molecule has 1 aromatic heterocycles. The minimum Gasteiger partial charge on any atom is -0.391 e. The molecule has 98 valence electrons. The van der Waals surface area contributed by atoms with Gasteiger partial charge in [0.05, 0.1) is 6.61 Å². The molecule has 0 spiro atoms. The summed E-state index contributed by atoms with van der Waals surface area (Å²) >= 11 is 1.09. The highest BCUT2D eigenvalue weighted by atomic mass is 32.2. The van der Waals surface area contributed by atoms with Crippen LogP contribution < -0.4 is 4.72 Å². The van der Waals surface area contributed by atoms with Gasteiger partial charge in [0.15, 0.2) is 0 Å². The van der Waals surface area contributed by atoms with Gasteiger partial charge in [-0.3, -0.25) is 0 Å². The van der Waals surface area contributed by atoms with E-state index in [0.29, 0.717) is 18.0 Å². The van der Waals surface area contributed by atoms with Crippen LogP contribution in [0.1, 0.15) is 11.8 Å². The van der Waals surface area contributed by atoms with Crippen molar-refractivity contribution < 1.29 is 13.5 Å². The van der Waals surface area contributed by atoms with Crippen LogP contribution >= 0.6 is 11.3 Å². The van der Waals surface area contributed by atoms with Crippen LogP contribution in [0.25, 0.3) is 0 Å². The van der Waals surface area contributed by atoms with E-state index in [1.165, 1.54) is 6.07 Å². The van der Waals surface area contributed by atoms with Gasteiger partial charge in [0.1, 0.15) is 4.21 Å². The van der Waals surface area contributed by atoms with Crippen LogP contribution in [0.5, 0.6) is 0 Å². The Morgan fingerprint density at radius 2 is 2.18 bits per heavy atom. The van der Waals surface area contributed by atoms with Gasteiger partial charge in [-0.05, 0) is 25.7 Å². The van der Waals surface area contributed by atoms with Gasteiger partial charge in [-0.2, -0.15) is 0 Å². The van der Waals surface area contributed by atoms with Crippen LogP contribution in [0, 0.1) is 0 Å². The Bertz CT molecular complexity index is 442. The molecule has 0 bridgehead atoms. The lowest BCUT2D eigenvalue weighted by atomic mass is 10.5. The number of aliphatic hydroxyl groups excluding tert-OH is 1. The summed E-state index contributed by atoms with van der Waals surface area (Å²) < 4.78 is 26.4. The first kappa shape index (κ1) is 14.6. The summed E-state index contributed by atoms with van der Waals surface area (Å²) in [6.45, 7) is 3.84. The Morgan fingerprint density at radius 1 is 1.47 bits per heavy atom. The molecule has 0 aromatic carbocycles. The molecular formula is C10H18N2O3S2. The molecular weight excluding hydrogens is 260 g/mol. The van der Waals surface area contributed by atoms with Crippen molar-refractivity contribution in [3.63, 3.8) is 0 Å². The van der Waals surface area contributed by atoms with Crippen LogP contribution in [-0.2, 0) is 16.6 Å². The van der Waals surface area contributed by atoms with E-state index in [2.05, 4.69) is 4.72 Å². The second-order valence-electron chi connectivity index (χ2n) is 3.67. The highest BCUT2D eigenvalue weighted by molar-refractivity contribution is 7.91. The first-order chi connectivity index (χ1) is 7.99. The number of thiophene rings is 1. The van der Waals surface area contributed by atoms with Crippen LogP contribution in [0.15, 0.2) is 16.3 Å². The van der Waals surface area contributed by atoms with Crippen molar-refractivity contribution in [3.8, 4) is 0 Å². The molecule has 0 atom stereocenters. The standard InChI is InChI=1S/C10H18N2O3S2/c1-3-12(2)7-6-11-17(14,15)10-5-4-9(8-13)16-10/h4-5,11,13H,3,6-8H2,1-2H3. The summed E-state index contributed by atoms with van der Waals surface area (Å²) in [5, 5.41) is 8.89. The molecule has 0 unspecified atom stereocenters. The van der Waals surface area contributed by atoms with Gasteiger partial charge in [-0.15, -0.1) is 11.3 Å².